The Balaban J connectivity index is 2.12. The van der Waals surface area contributed by atoms with E-state index in [2.05, 4.69) is 25.9 Å². The van der Waals surface area contributed by atoms with Crippen LogP contribution < -0.4 is 0 Å². The van der Waals surface area contributed by atoms with Gasteiger partial charge in [0, 0.05) is 5.54 Å². The maximum absolute atomic E-state index is 11.0. The third-order valence-electron chi connectivity index (χ3n) is 5.55. The second-order valence-electron chi connectivity index (χ2n) is 7.04. The van der Waals surface area contributed by atoms with Crippen LogP contribution in [-0.2, 0) is 0 Å². The molecular weight excluding hydrogens is 222 g/mol. The molecule has 0 saturated heterocycles. The third kappa shape index (κ3) is 2.75. The van der Waals surface area contributed by atoms with Gasteiger partial charge in [-0.2, -0.15) is 0 Å². The molecule has 0 aliphatic heterocycles. The van der Waals surface area contributed by atoms with Crippen LogP contribution >= 0.6 is 0 Å². The van der Waals surface area contributed by atoms with Crippen LogP contribution in [-0.4, -0.2) is 35.7 Å². The Hall–Kier alpha value is -0.0800. The highest BCUT2D eigenvalue weighted by molar-refractivity contribution is 5.01. The van der Waals surface area contributed by atoms with Gasteiger partial charge >= 0.3 is 0 Å². The Morgan fingerprint density at radius 1 is 1.06 bits per heavy atom. The first-order chi connectivity index (χ1) is 8.56. The van der Waals surface area contributed by atoms with E-state index in [0.717, 1.165) is 5.92 Å². The minimum atomic E-state index is -0.115. The van der Waals surface area contributed by atoms with Gasteiger partial charge in [-0.1, -0.05) is 39.0 Å². The molecule has 0 aromatic heterocycles. The van der Waals surface area contributed by atoms with Crippen molar-refractivity contribution in [2.24, 2.45) is 11.8 Å². The zero-order chi connectivity index (χ0) is 13.2. The molecule has 0 radical (unpaired) electrons. The van der Waals surface area contributed by atoms with E-state index >= 15 is 0 Å². The molecule has 3 atom stereocenters. The van der Waals surface area contributed by atoms with Crippen LogP contribution in [0.25, 0.3) is 0 Å². The SMILES string of the molecule is CC1CCCC(C(O)C2CCCCC2)(N(C)C)C1. The molecule has 0 heterocycles. The highest BCUT2D eigenvalue weighted by atomic mass is 16.3. The second kappa shape index (κ2) is 5.92. The number of hydrogen-bond donors (Lipinski definition) is 1. The lowest BCUT2D eigenvalue weighted by Crippen LogP contribution is -2.58. The Labute approximate surface area is 113 Å². The van der Waals surface area contributed by atoms with Crippen molar-refractivity contribution in [3.63, 3.8) is 0 Å². The Morgan fingerprint density at radius 2 is 1.72 bits per heavy atom. The van der Waals surface area contributed by atoms with Gasteiger partial charge in [0.05, 0.1) is 6.10 Å². The van der Waals surface area contributed by atoms with Gasteiger partial charge in [0.15, 0.2) is 0 Å². The Kier molecular flexibility index (Phi) is 4.71. The van der Waals surface area contributed by atoms with E-state index in [1.54, 1.807) is 0 Å². The van der Waals surface area contributed by atoms with E-state index in [4.69, 9.17) is 0 Å². The van der Waals surface area contributed by atoms with Gasteiger partial charge < -0.3 is 10.0 Å². The smallest absolute Gasteiger partial charge is 0.0751 e. The van der Waals surface area contributed by atoms with E-state index in [-0.39, 0.29) is 11.6 Å². The average molecular weight is 253 g/mol. The lowest BCUT2D eigenvalue weighted by Gasteiger charge is -2.51. The van der Waals surface area contributed by atoms with Gasteiger partial charge in [-0.05, 0) is 51.6 Å². The normalized spacial score (nSPS) is 36.8. The first-order valence-electron chi connectivity index (χ1n) is 7.92. The van der Waals surface area contributed by atoms with Gasteiger partial charge in [-0.25, -0.2) is 0 Å². The molecule has 106 valence electrons. The summed E-state index contributed by atoms with van der Waals surface area (Å²) in [6.07, 6.45) is 11.4. The first-order valence-corrected chi connectivity index (χ1v) is 7.92. The van der Waals surface area contributed by atoms with Crippen molar-refractivity contribution in [2.45, 2.75) is 76.4 Å². The molecule has 0 bridgehead atoms. The lowest BCUT2D eigenvalue weighted by molar-refractivity contribution is -0.0782. The van der Waals surface area contributed by atoms with E-state index in [0.29, 0.717) is 5.92 Å². The van der Waals surface area contributed by atoms with Crippen LogP contribution in [0.15, 0.2) is 0 Å². The lowest BCUT2D eigenvalue weighted by atomic mass is 9.67. The highest BCUT2D eigenvalue weighted by Crippen LogP contribution is 2.43. The predicted molar refractivity (Wildman–Crippen MR) is 76.6 cm³/mol. The molecule has 0 aromatic rings. The van der Waals surface area contributed by atoms with Crippen LogP contribution in [0.5, 0.6) is 0 Å². The van der Waals surface area contributed by atoms with E-state index in [1.807, 2.05) is 0 Å². The molecule has 2 fully saturated rings. The maximum Gasteiger partial charge on any atom is 0.0751 e. The van der Waals surface area contributed by atoms with Gasteiger partial charge in [0.2, 0.25) is 0 Å². The summed E-state index contributed by atoms with van der Waals surface area (Å²) in [4.78, 5) is 2.34. The number of nitrogens with zero attached hydrogens (tertiary/aromatic N) is 1. The molecule has 3 unspecified atom stereocenters. The van der Waals surface area contributed by atoms with E-state index in [9.17, 15) is 5.11 Å². The fourth-order valence-electron chi connectivity index (χ4n) is 4.39. The third-order valence-corrected chi connectivity index (χ3v) is 5.55. The highest BCUT2D eigenvalue weighted by Gasteiger charge is 2.45. The van der Waals surface area contributed by atoms with Crippen LogP contribution in [0.1, 0.15) is 64.7 Å². The number of likely N-dealkylation sites (N-methyl/N-ethyl adjacent to an activating group) is 1. The van der Waals surface area contributed by atoms with Crippen molar-refractivity contribution in [3.05, 3.63) is 0 Å². The molecule has 0 spiro atoms. The topological polar surface area (TPSA) is 23.5 Å². The van der Waals surface area contributed by atoms with Crippen LogP contribution in [0.3, 0.4) is 0 Å². The molecule has 2 aliphatic rings. The summed E-state index contributed by atoms with van der Waals surface area (Å²) >= 11 is 0. The maximum atomic E-state index is 11.0. The molecule has 1 N–H and O–H groups in total. The molecule has 2 nitrogen and oxygen atoms in total. The fourth-order valence-corrected chi connectivity index (χ4v) is 4.39. The summed E-state index contributed by atoms with van der Waals surface area (Å²) in [7, 11) is 4.34. The van der Waals surface area contributed by atoms with Crippen molar-refractivity contribution in [1.82, 2.24) is 4.90 Å². The largest absolute Gasteiger partial charge is 0.391 e. The number of aliphatic hydroxyl groups is 1. The molecule has 2 rings (SSSR count). The summed E-state index contributed by atoms with van der Waals surface area (Å²) in [6.45, 7) is 2.35. The first kappa shape index (κ1) is 14.3. The Morgan fingerprint density at radius 3 is 2.28 bits per heavy atom. The number of aliphatic hydroxyl groups excluding tert-OH is 1. The molecule has 2 saturated carbocycles. The minimum absolute atomic E-state index is 0.0552. The van der Waals surface area contributed by atoms with Crippen molar-refractivity contribution in [3.8, 4) is 0 Å². The standard InChI is InChI=1S/C16H31NO/c1-13-8-7-11-16(12-13,17(2)3)15(18)14-9-5-4-6-10-14/h13-15,18H,4-12H2,1-3H3. The van der Waals surface area contributed by atoms with Crippen LogP contribution in [0.2, 0.25) is 0 Å². The van der Waals surface area contributed by atoms with Crippen LogP contribution in [0.4, 0.5) is 0 Å². The van der Waals surface area contributed by atoms with Gasteiger partial charge in [-0.3, -0.25) is 0 Å². The van der Waals surface area contributed by atoms with Crippen molar-refractivity contribution >= 4 is 0 Å². The molecule has 0 amide bonds. The van der Waals surface area contributed by atoms with Crippen molar-refractivity contribution in [2.75, 3.05) is 14.1 Å². The molecule has 0 aromatic carbocycles. The van der Waals surface area contributed by atoms with Crippen molar-refractivity contribution < 1.29 is 5.11 Å². The Bertz CT molecular complexity index is 260. The van der Waals surface area contributed by atoms with E-state index < -0.39 is 0 Å². The zero-order valence-corrected chi connectivity index (χ0v) is 12.5. The van der Waals surface area contributed by atoms with E-state index in [1.165, 1.54) is 57.8 Å². The van der Waals surface area contributed by atoms with Crippen LogP contribution in [0, 0.1) is 11.8 Å². The average Bonchev–Trinajstić information content (AvgIpc) is 2.38. The van der Waals surface area contributed by atoms with Gasteiger partial charge in [-0.15, -0.1) is 0 Å². The monoisotopic (exact) mass is 253 g/mol. The summed E-state index contributed by atoms with van der Waals surface area (Å²) in [6, 6.07) is 0. The van der Waals surface area contributed by atoms with Gasteiger partial charge in [0.1, 0.15) is 0 Å². The number of hydrogen-bond acceptors (Lipinski definition) is 2. The summed E-state index contributed by atoms with van der Waals surface area (Å²) in [5.41, 5.74) is 0.0552. The quantitative estimate of drug-likeness (QED) is 0.833. The van der Waals surface area contributed by atoms with Gasteiger partial charge in [0.25, 0.3) is 0 Å². The molecule has 18 heavy (non-hydrogen) atoms. The minimum Gasteiger partial charge on any atom is -0.391 e. The molecule has 2 aliphatic carbocycles. The summed E-state index contributed by atoms with van der Waals surface area (Å²) in [5.74, 6) is 1.31. The molecular formula is C16H31NO. The van der Waals surface area contributed by atoms with Crippen molar-refractivity contribution in [1.29, 1.82) is 0 Å². The second-order valence-corrected chi connectivity index (χ2v) is 7.04. The molecule has 2 heteroatoms. The zero-order valence-electron chi connectivity index (χ0n) is 12.5. The predicted octanol–water partition coefficient (Wildman–Crippen LogP) is 3.44. The fraction of sp³-hybridized carbons (Fsp3) is 1.00. The summed E-state index contributed by atoms with van der Waals surface area (Å²) in [5, 5.41) is 11.0. The number of rotatable bonds is 3. The summed E-state index contributed by atoms with van der Waals surface area (Å²) < 4.78 is 0.